The number of hydrazine groups is 1. The molecule has 1 aromatic carbocycles. The van der Waals surface area contributed by atoms with E-state index in [1.54, 1.807) is 6.07 Å². The maximum atomic E-state index is 13.7. The van der Waals surface area contributed by atoms with Crippen molar-refractivity contribution >= 4 is 5.82 Å². The average molecular weight is 359 g/mol. The summed E-state index contributed by atoms with van der Waals surface area (Å²) in [4.78, 5) is 11.3. The summed E-state index contributed by atoms with van der Waals surface area (Å²) in [6.45, 7) is 5.72. The van der Waals surface area contributed by atoms with Gasteiger partial charge >= 0.3 is 0 Å². The Hall–Kier alpha value is -2.12. The van der Waals surface area contributed by atoms with Crippen LogP contribution in [0.5, 0.6) is 0 Å². The normalized spacial score (nSPS) is 25.4. The van der Waals surface area contributed by atoms with Crippen LogP contribution < -0.4 is 15.8 Å². The summed E-state index contributed by atoms with van der Waals surface area (Å²) in [5.74, 6) is 0.382. The van der Waals surface area contributed by atoms with E-state index in [1.807, 2.05) is 13.1 Å². The van der Waals surface area contributed by atoms with Crippen LogP contribution in [0.15, 0.2) is 24.4 Å². The van der Waals surface area contributed by atoms with Gasteiger partial charge in [-0.25, -0.2) is 24.2 Å². The van der Waals surface area contributed by atoms with Crippen molar-refractivity contribution in [1.82, 2.24) is 20.8 Å². The highest BCUT2D eigenvalue weighted by Crippen LogP contribution is 2.36. The van der Waals surface area contributed by atoms with Crippen LogP contribution in [0.2, 0.25) is 0 Å². The van der Waals surface area contributed by atoms with Gasteiger partial charge in [0, 0.05) is 36.8 Å². The van der Waals surface area contributed by atoms with Crippen LogP contribution in [0.25, 0.3) is 0 Å². The number of piperidine rings is 1. The summed E-state index contributed by atoms with van der Waals surface area (Å²) in [6.07, 6.45) is 3.75. The lowest BCUT2D eigenvalue weighted by molar-refractivity contribution is 0.353. The summed E-state index contributed by atoms with van der Waals surface area (Å²) in [7, 11) is 0. The van der Waals surface area contributed by atoms with Crippen LogP contribution in [-0.2, 0) is 6.42 Å². The minimum atomic E-state index is -0.814. The fourth-order valence-corrected chi connectivity index (χ4v) is 4.04. The Morgan fingerprint density at radius 1 is 1.23 bits per heavy atom. The second-order valence-electron chi connectivity index (χ2n) is 7.06. The maximum Gasteiger partial charge on any atom is 0.159 e. The Bertz CT molecular complexity index is 813. The largest absolute Gasteiger partial charge is 0.356 e. The van der Waals surface area contributed by atoms with Gasteiger partial charge in [-0.05, 0) is 37.5 Å². The molecule has 2 aliphatic rings. The van der Waals surface area contributed by atoms with Crippen LogP contribution in [0.1, 0.15) is 36.3 Å². The van der Waals surface area contributed by atoms with Gasteiger partial charge in [0.2, 0.25) is 0 Å². The molecule has 2 saturated heterocycles. The first kappa shape index (κ1) is 17.3. The number of halogens is 2. The lowest BCUT2D eigenvalue weighted by Gasteiger charge is -2.37. The average Bonchev–Trinajstić information content (AvgIpc) is 3.07. The molecule has 2 fully saturated rings. The number of nitrogens with zero attached hydrogens (tertiary/aromatic N) is 3. The topological polar surface area (TPSA) is 53.1 Å². The van der Waals surface area contributed by atoms with Crippen LogP contribution in [0.4, 0.5) is 14.6 Å². The molecule has 7 heteroatoms. The molecule has 138 valence electrons. The highest BCUT2D eigenvalue weighted by Gasteiger charge is 2.41. The Balaban J connectivity index is 1.61. The molecule has 3 unspecified atom stereocenters. The summed E-state index contributed by atoms with van der Waals surface area (Å²) in [5, 5.41) is 0. The Labute approximate surface area is 151 Å². The number of aromatic nitrogens is 2. The molecule has 0 saturated carbocycles. The predicted octanol–water partition coefficient (Wildman–Crippen LogP) is 2.67. The quantitative estimate of drug-likeness (QED) is 0.883. The van der Waals surface area contributed by atoms with E-state index in [0.717, 1.165) is 48.7 Å². The second kappa shape index (κ2) is 6.89. The molecule has 0 aliphatic carbocycles. The van der Waals surface area contributed by atoms with Gasteiger partial charge in [0.1, 0.15) is 11.6 Å². The first-order valence-corrected chi connectivity index (χ1v) is 9.10. The Morgan fingerprint density at radius 2 is 2.08 bits per heavy atom. The molecular formula is C19H23F2N5. The fraction of sp³-hybridized carbons (Fsp3) is 0.474. The third-order valence-corrected chi connectivity index (χ3v) is 5.46. The van der Waals surface area contributed by atoms with Gasteiger partial charge in [-0.2, -0.15) is 0 Å². The van der Waals surface area contributed by atoms with Gasteiger partial charge in [0.15, 0.2) is 11.6 Å². The van der Waals surface area contributed by atoms with E-state index in [-0.39, 0.29) is 12.0 Å². The molecule has 0 spiro atoms. The van der Waals surface area contributed by atoms with Crippen LogP contribution >= 0.6 is 0 Å². The Kier molecular flexibility index (Phi) is 4.58. The SMILES string of the molecule is CCc1cnc(C)nc1N1CCC2NNC(c3ccc(F)c(F)c3)C2C1. The highest BCUT2D eigenvalue weighted by atomic mass is 19.2. The molecule has 2 aliphatic heterocycles. The van der Waals surface area contributed by atoms with Crippen molar-refractivity contribution in [2.24, 2.45) is 5.92 Å². The molecule has 2 aromatic rings. The minimum absolute atomic E-state index is 0.0640. The summed E-state index contributed by atoms with van der Waals surface area (Å²) in [6, 6.07) is 4.39. The van der Waals surface area contributed by atoms with E-state index in [0.29, 0.717) is 6.04 Å². The number of aryl methyl sites for hydroxylation is 2. The molecular weight excluding hydrogens is 336 g/mol. The number of rotatable bonds is 3. The monoisotopic (exact) mass is 359 g/mol. The number of hydrogen-bond acceptors (Lipinski definition) is 5. The third kappa shape index (κ3) is 3.05. The predicted molar refractivity (Wildman–Crippen MR) is 95.6 cm³/mol. The van der Waals surface area contributed by atoms with E-state index >= 15 is 0 Å². The van der Waals surface area contributed by atoms with E-state index in [1.165, 1.54) is 12.1 Å². The first-order valence-electron chi connectivity index (χ1n) is 9.10. The van der Waals surface area contributed by atoms with Crippen LogP contribution in [-0.4, -0.2) is 29.1 Å². The molecule has 0 radical (unpaired) electrons. The summed E-state index contributed by atoms with van der Waals surface area (Å²) >= 11 is 0. The van der Waals surface area contributed by atoms with Crippen molar-refractivity contribution in [3.8, 4) is 0 Å². The number of anilines is 1. The van der Waals surface area contributed by atoms with Crippen LogP contribution in [0, 0.1) is 24.5 Å². The number of fused-ring (bicyclic) bond motifs is 1. The smallest absolute Gasteiger partial charge is 0.159 e. The minimum Gasteiger partial charge on any atom is -0.356 e. The van der Waals surface area contributed by atoms with Gasteiger partial charge in [-0.1, -0.05) is 13.0 Å². The van der Waals surface area contributed by atoms with Gasteiger partial charge in [0.05, 0.1) is 6.04 Å². The third-order valence-electron chi connectivity index (χ3n) is 5.46. The lowest BCUT2D eigenvalue weighted by atomic mass is 9.85. The molecule has 3 atom stereocenters. The zero-order chi connectivity index (χ0) is 18.3. The molecule has 4 rings (SSSR count). The Morgan fingerprint density at radius 3 is 2.85 bits per heavy atom. The number of benzene rings is 1. The van der Waals surface area contributed by atoms with Crippen molar-refractivity contribution in [3.05, 3.63) is 53.0 Å². The number of hydrogen-bond donors (Lipinski definition) is 2. The number of nitrogens with one attached hydrogen (secondary N) is 2. The first-order chi connectivity index (χ1) is 12.6. The van der Waals surface area contributed by atoms with Crippen molar-refractivity contribution in [1.29, 1.82) is 0 Å². The van der Waals surface area contributed by atoms with Crippen LogP contribution in [0.3, 0.4) is 0 Å². The van der Waals surface area contributed by atoms with Crippen molar-refractivity contribution < 1.29 is 8.78 Å². The van der Waals surface area contributed by atoms with E-state index in [9.17, 15) is 8.78 Å². The van der Waals surface area contributed by atoms with Gasteiger partial charge in [-0.3, -0.25) is 5.43 Å². The van der Waals surface area contributed by atoms with E-state index in [4.69, 9.17) is 0 Å². The van der Waals surface area contributed by atoms with Gasteiger partial charge < -0.3 is 4.90 Å². The summed E-state index contributed by atoms with van der Waals surface area (Å²) in [5.41, 5.74) is 8.50. The van der Waals surface area contributed by atoms with E-state index < -0.39 is 11.6 Å². The molecule has 5 nitrogen and oxygen atoms in total. The zero-order valence-corrected chi connectivity index (χ0v) is 15.0. The molecule has 2 N–H and O–H groups in total. The fourth-order valence-electron chi connectivity index (χ4n) is 4.04. The van der Waals surface area contributed by atoms with Gasteiger partial charge in [-0.15, -0.1) is 0 Å². The molecule has 1 aromatic heterocycles. The zero-order valence-electron chi connectivity index (χ0n) is 15.0. The standard InChI is InChI=1S/C19H23F2N5/c1-3-12-9-22-11(2)23-19(12)26-7-6-17-14(10-26)18(25-24-17)13-4-5-15(20)16(21)8-13/h4-5,8-9,14,17-18,24-25H,3,6-7,10H2,1-2H3. The molecule has 26 heavy (non-hydrogen) atoms. The summed E-state index contributed by atoms with van der Waals surface area (Å²) < 4.78 is 27.0. The molecule has 0 amide bonds. The highest BCUT2D eigenvalue weighted by molar-refractivity contribution is 5.47. The van der Waals surface area contributed by atoms with Crippen molar-refractivity contribution in [2.75, 3.05) is 18.0 Å². The molecule has 3 heterocycles. The lowest BCUT2D eigenvalue weighted by Crippen LogP contribution is -2.46. The second-order valence-corrected chi connectivity index (χ2v) is 7.06. The van der Waals surface area contributed by atoms with Crippen molar-refractivity contribution in [3.63, 3.8) is 0 Å². The van der Waals surface area contributed by atoms with Crippen molar-refractivity contribution in [2.45, 2.75) is 38.8 Å². The maximum absolute atomic E-state index is 13.7. The van der Waals surface area contributed by atoms with Gasteiger partial charge in [0.25, 0.3) is 0 Å². The molecule has 0 bridgehead atoms. The van der Waals surface area contributed by atoms with E-state index in [2.05, 4.69) is 32.6 Å².